The van der Waals surface area contributed by atoms with E-state index < -0.39 is 10.0 Å². The molecule has 25 heavy (non-hydrogen) atoms. The van der Waals surface area contributed by atoms with Gasteiger partial charge in [0.25, 0.3) is 0 Å². The highest BCUT2D eigenvalue weighted by Gasteiger charge is 2.24. The van der Waals surface area contributed by atoms with Crippen LogP contribution in [0, 0.1) is 0 Å². The minimum Gasteiger partial charge on any atom is -0.368 e. The number of aromatic nitrogens is 2. The van der Waals surface area contributed by atoms with E-state index in [9.17, 15) is 8.42 Å². The van der Waals surface area contributed by atoms with Gasteiger partial charge in [-0.25, -0.2) is 13.1 Å². The number of piperazine rings is 1. The topological polar surface area (TPSA) is 118 Å². The summed E-state index contributed by atoms with van der Waals surface area (Å²) in [6, 6.07) is 7.05. The van der Waals surface area contributed by atoms with Crippen molar-refractivity contribution in [1.29, 1.82) is 0 Å². The molecule has 10 heteroatoms. The van der Waals surface area contributed by atoms with E-state index in [0.717, 1.165) is 31.9 Å². The van der Waals surface area contributed by atoms with Crippen molar-refractivity contribution in [2.45, 2.75) is 18.0 Å². The van der Waals surface area contributed by atoms with Crippen LogP contribution in [0.2, 0.25) is 0 Å². The second-order valence-electron chi connectivity index (χ2n) is 5.75. The molecule has 0 atom stereocenters. The Balaban J connectivity index is 1.67. The molecule has 1 aromatic heterocycles. The maximum Gasteiger partial charge on any atom is 0.242 e. The van der Waals surface area contributed by atoms with E-state index in [1.54, 1.807) is 12.1 Å². The van der Waals surface area contributed by atoms with Crippen molar-refractivity contribution < 1.29 is 12.9 Å². The van der Waals surface area contributed by atoms with Gasteiger partial charge < -0.3 is 15.2 Å². The number of hydrogen-bond donors (Lipinski definition) is 2. The van der Waals surface area contributed by atoms with Crippen molar-refractivity contribution in [3.8, 4) is 0 Å². The monoisotopic (exact) mass is 366 g/mol. The first-order valence-electron chi connectivity index (χ1n) is 8.05. The van der Waals surface area contributed by atoms with Gasteiger partial charge in [-0.3, -0.25) is 4.90 Å². The van der Waals surface area contributed by atoms with Gasteiger partial charge in [0.05, 0.1) is 18.8 Å². The van der Waals surface area contributed by atoms with Crippen molar-refractivity contribution in [2.75, 3.05) is 38.1 Å². The Morgan fingerprint density at radius 3 is 2.60 bits per heavy atom. The molecule has 0 unspecified atom stereocenters. The summed E-state index contributed by atoms with van der Waals surface area (Å²) in [5.74, 6) is 1.05. The number of benzene rings is 1. The molecule has 1 saturated heterocycles. The normalized spacial score (nSPS) is 16.3. The van der Waals surface area contributed by atoms with E-state index in [1.807, 2.05) is 12.1 Å². The standard InChI is InChI=1S/C15H22N6O3S/c1-17-25(22,23)13-5-3-2-4-12(13)21-8-6-20(7-9-21)11-14-18-15(10-16)24-19-14/h2-5,17H,6-11,16H2,1H3. The molecule has 1 aromatic carbocycles. The molecule has 0 amide bonds. The Morgan fingerprint density at radius 1 is 1.24 bits per heavy atom. The van der Waals surface area contributed by atoms with Crippen molar-refractivity contribution >= 4 is 15.7 Å². The summed E-state index contributed by atoms with van der Waals surface area (Å²) >= 11 is 0. The fourth-order valence-electron chi connectivity index (χ4n) is 2.84. The van der Waals surface area contributed by atoms with Crippen LogP contribution in [0.15, 0.2) is 33.7 Å². The molecule has 2 heterocycles. The van der Waals surface area contributed by atoms with Crippen LogP contribution in [0.4, 0.5) is 5.69 Å². The first-order valence-corrected chi connectivity index (χ1v) is 9.53. The maximum absolute atomic E-state index is 12.2. The van der Waals surface area contributed by atoms with Crippen LogP contribution in [0.3, 0.4) is 0 Å². The zero-order valence-corrected chi connectivity index (χ0v) is 14.9. The quantitative estimate of drug-likeness (QED) is 0.719. The number of nitrogens with two attached hydrogens (primary N) is 1. The Kier molecular flexibility index (Phi) is 5.33. The second kappa shape index (κ2) is 7.48. The van der Waals surface area contributed by atoms with Gasteiger partial charge in [0.1, 0.15) is 4.90 Å². The summed E-state index contributed by atoms with van der Waals surface area (Å²) in [6.45, 7) is 3.82. The highest BCUT2D eigenvalue weighted by Crippen LogP contribution is 2.26. The molecule has 1 aliphatic heterocycles. The van der Waals surface area contributed by atoms with Crippen LogP contribution in [-0.2, 0) is 23.1 Å². The second-order valence-corrected chi connectivity index (χ2v) is 7.60. The highest BCUT2D eigenvalue weighted by atomic mass is 32.2. The maximum atomic E-state index is 12.2. The van der Waals surface area contributed by atoms with Crippen LogP contribution >= 0.6 is 0 Å². The molecule has 1 aliphatic rings. The van der Waals surface area contributed by atoms with Gasteiger partial charge in [0, 0.05) is 26.2 Å². The first-order chi connectivity index (χ1) is 12.0. The summed E-state index contributed by atoms with van der Waals surface area (Å²) in [6.07, 6.45) is 0. The molecule has 0 bridgehead atoms. The van der Waals surface area contributed by atoms with Crippen molar-refractivity contribution in [3.05, 3.63) is 36.0 Å². The van der Waals surface area contributed by atoms with Gasteiger partial charge in [0.15, 0.2) is 5.82 Å². The number of sulfonamides is 1. The zero-order valence-electron chi connectivity index (χ0n) is 14.1. The predicted octanol–water partition coefficient (Wildman–Crippen LogP) is -0.241. The first kappa shape index (κ1) is 17.8. The van der Waals surface area contributed by atoms with E-state index in [-0.39, 0.29) is 6.54 Å². The molecule has 2 aromatic rings. The smallest absolute Gasteiger partial charge is 0.242 e. The fourth-order valence-corrected chi connectivity index (χ4v) is 3.79. The molecule has 9 nitrogen and oxygen atoms in total. The molecule has 3 N–H and O–H groups in total. The number of nitrogens with one attached hydrogen (secondary N) is 1. The number of hydrogen-bond acceptors (Lipinski definition) is 8. The third-order valence-electron chi connectivity index (χ3n) is 4.19. The number of rotatable bonds is 6. The van der Waals surface area contributed by atoms with Gasteiger partial charge in [-0.05, 0) is 19.2 Å². The summed E-state index contributed by atoms with van der Waals surface area (Å²) in [5.41, 5.74) is 6.19. The third kappa shape index (κ3) is 3.98. The molecule has 0 radical (unpaired) electrons. The molecule has 3 rings (SSSR count). The molecule has 0 saturated carbocycles. The number of nitrogens with zero attached hydrogens (tertiary/aromatic N) is 4. The summed E-state index contributed by atoms with van der Waals surface area (Å²) in [5, 5.41) is 3.91. The lowest BCUT2D eigenvalue weighted by Gasteiger charge is -2.36. The van der Waals surface area contributed by atoms with E-state index in [1.165, 1.54) is 7.05 Å². The third-order valence-corrected chi connectivity index (χ3v) is 5.65. The fraction of sp³-hybridized carbons (Fsp3) is 0.467. The lowest BCUT2D eigenvalue weighted by Crippen LogP contribution is -2.46. The van der Waals surface area contributed by atoms with Crippen molar-refractivity contribution in [2.24, 2.45) is 5.73 Å². The molecule has 1 fully saturated rings. The summed E-state index contributed by atoms with van der Waals surface area (Å²) < 4.78 is 31.8. The van der Waals surface area contributed by atoms with Crippen LogP contribution in [0.5, 0.6) is 0 Å². The highest BCUT2D eigenvalue weighted by molar-refractivity contribution is 7.89. The average Bonchev–Trinajstić information content (AvgIpc) is 3.10. The van der Waals surface area contributed by atoms with Crippen LogP contribution in [-0.4, -0.2) is 56.7 Å². The average molecular weight is 366 g/mol. The van der Waals surface area contributed by atoms with E-state index in [4.69, 9.17) is 10.3 Å². The zero-order chi connectivity index (χ0) is 17.9. The Labute approximate surface area is 146 Å². The van der Waals surface area contributed by atoms with Gasteiger partial charge >= 0.3 is 0 Å². The molecular weight excluding hydrogens is 344 g/mol. The van der Waals surface area contributed by atoms with Crippen LogP contribution in [0.25, 0.3) is 0 Å². The van der Waals surface area contributed by atoms with E-state index >= 15 is 0 Å². The number of anilines is 1. The Bertz CT molecular complexity index is 814. The molecule has 0 spiro atoms. The predicted molar refractivity (Wildman–Crippen MR) is 92.4 cm³/mol. The van der Waals surface area contributed by atoms with E-state index in [0.29, 0.717) is 23.2 Å². The molecular formula is C15H22N6O3S. The molecule has 0 aliphatic carbocycles. The number of para-hydroxylation sites is 1. The van der Waals surface area contributed by atoms with Gasteiger partial charge in [-0.15, -0.1) is 0 Å². The molecule has 136 valence electrons. The minimum atomic E-state index is -3.49. The van der Waals surface area contributed by atoms with Gasteiger partial charge in [-0.1, -0.05) is 17.3 Å². The van der Waals surface area contributed by atoms with Gasteiger partial charge in [-0.2, -0.15) is 4.98 Å². The lowest BCUT2D eigenvalue weighted by atomic mass is 10.2. The Morgan fingerprint density at radius 2 is 1.96 bits per heavy atom. The van der Waals surface area contributed by atoms with Crippen LogP contribution < -0.4 is 15.4 Å². The Hall–Kier alpha value is -2.01. The SMILES string of the molecule is CNS(=O)(=O)c1ccccc1N1CCN(Cc2noc(CN)n2)CC1. The van der Waals surface area contributed by atoms with Crippen molar-refractivity contribution in [3.63, 3.8) is 0 Å². The minimum absolute atomic E-state index is 0.234. The largest absolute Gasteiger partial charge is 0.368 e. The van der Waals surface area contributed by atoms with Gasteiger partial charge in [0.2, 0.25) is 15.9 Å². The van der Waals surface area contributed by atoms with Crippen LogP contribution in [0.1, 0.15) is 11.7 Å². The summed E-state index contributed by atoms with van der Waals surface area (Å²) in [4.78, 5) is 8.81. The lowest BCUT2D eigenvalue weighted by molar-refractivity contribution is 0.239. The summed E-state index contributed by atoms with van der Waals surface area (Å²) in [7, 11) is -2.07. The van der Waals surface area contributed by atoms with Crippen molar-refractivity contribution in [1.82, 2.24) is 19.8 Å². The van der Waals surface area contributed by atoms with E-state index in [2.05, 4.69) is 24.7 Å².